The highest BCUT2D eigenvalue weighted by Gasteiger charge is 2.35. The Morgan fingerprint density at radius 1 is 1.47 bits per heavy atom. The topological polar surface area (TPSA) is 89.6 Å². The number of rotatable bonds is 2. The highest BCUT2D eigenvalue weighted by molar-refractivity contribution is 7.92. The molecule has 1 atom stereocenters. The second kappa shape index (κ2) is 4.36. The summed E-state index contributed by atoms with van der Waals surface area (Å²) >= 11 is 5.83. The molecular formula is C10H12ClNO4S. The molecule has 0 bridgehead atoms. The van der Waals surface area contributed by atoms with Gasteiger partial charge in [-0.05, 0) is 18.6 Å². The van der Waals surface area contributed by atoms with Crippen LogP contribution in [0.25, 0.3) is 0 Å². The van der Waals surface area contributed by atoms with Crippen molar-refractivity contribution in [3.8, 4) is 5.75 Å². The lowest BCUT2D eigenvalue weighted by Crippen LogP contribution is -2.22. The summed E-state index contributed by atoms with van der Waals surface area (Å²) < 4.78 is 29.5. The SMILES string of the molecule is Nc1ccc(Cl)c(S(=O)(=O)[C@H]2CCOC2)c1O. The zero-order valence-corrected chi connectivity index (χ0v) is 10.5. The van der Waals surface area contributed by atoms with Gasteiger partial charge in [0.1, 0.15) is 4.90 Å². The summed E-state index contributed by atoms with van der Waals surface area (Å²) in [4.78, 5) is -0.297. The first-order valence-electron chi connectivity index (χ1n) is 5.03. The van der Waals surface area contributed by atoms with Crippen LogP contribution in [0.15, 0.2) is 17.0 Å². The Balaban J connectivity index is 2.56. The van der Waals surface area contributed by atoms with E-state index in [1.54, 1.807) is 0 Å². The number of sulfone groups is 1. The quantitative estimate of drug-likeness (QED) is 0.626. The number of hydrogen-bond donors (Lipinski definition) is 2. The van der Waals surface area contributed by atoms with Gasteiger partial charge in [-0.15, -0.1) is 0 Å². The van der Waals surface area contributed by atoms with Crippen LogP contribution in [0.1, 0.15) is 6.42 Å². The standard InChI is InChI=1S/C10H12ClNO4S/c11-7-1-2-8(12)9(13)10(7)17(14,15)6-3-4-16-5-6/h1-2,6,13H,3-5,12H2/t6-/m0/s1. The zero-order chi connectivity index (χ0) is 12.6. The molecule has 0 saturated carbocycles. The van der Waals surface area contributed by atoms with Crippen molar-refractivity contribution < 1.29 is 18.3 Å². The van der Waals surface area contributed by atoms with Gasteiger partial charge in [-0.2, -0.15) is 0 Å². The van der Waals surface area contributed by atoms with Crippen molar-refractivity contribution in [1.29, 1.82) is 0 Å². The second-order valence-corrected chi connectivity index (χ2v) is 6.42. The maximum Gasteiger partial charge on any atom is 0.188 e. The molecule has 1 aromatic rings. The van der Waals surface area contributed by atoms with Gasteiger partial charge in [-0.25, -0.2) is 8.42 Å². The number of ether oxygens (including phenoxy) is 1. The molecule has 1 heterocycles. The van der Waals surface area contributed by atoms with E-state index >= 15 is 0 Å². The molecule has 0 spiro atoms. The summed E-state index contributed by atoms with van der Waals surface area (Å²) in [6.07, 6.45) is 0.396. The molecule has 0 unspecified atom stereocenters. The third-order valence-electron chi connectivity index (χ3n) is 2.73. The number of phenols is 1. The molecule has 1 aliphatic heterocycles. The molecule has 94 valence electrons. The number of nitrogens with two attached hydrogens (primary N) is 1. The maximum atomic E-state index is 12.2. The second-order valence-electron chi connectivity index (χ2n) is 3.84. The monoisotopic (exact) mass is 277 g/mol. The first kappa shape index (κ1) is 12.5. The Bertz CT molecular complexity index is 537. The number of anilines is 1. The summed E-state index contributed by atoms with van der Waals surface area (Å²) in [7, 11) is -3.71. The fourth-order valence-electron chi connectivity index (χ4n) is 1.76. The third-order valence-corrected chi connectivity index (χ3v) is 5.38. The van der Waals surface area contributed by atoms with Crippen molar-refractivity contribution in [1.82, 2.24) is 0 Å². The van der Waals surface area contributed by atoms with E-state index in [0.717, 1.165) is 0 Å². The van der Waals surface area contributed by atoms with Crippen LogP contribution in [-0.4, -0.2) is 32.0 Å². The van der Waals surface area contributed by atoms with Gasteiger partial charge in [0.05, 0.1) is 22.6 Å². The lowest BCUT2D eigenvalue weighted by atomic mass is 10.3. The van der Waals surface area contributed by atoms with Crippen LogP contribution < -0.4 is 5.73 Å². The van der Waals surface area contributed by atoms with Crippen LogP contribution in [0.3, 0.4) is 0 Å². The molecule has 0 aromatic heterocycles. The van der Waals surface area contributed by atoms with Gasteiger partial charge in [0, 0.05) is 6.61 Å². The molecule has 5 nitrogen and oxygen atoms in total. The average molecular weight is 278 g/mol. The molecular weight excluding hydrogens is 266 g/mol. The molecule has 0 radical (unpaired) electrons. The minimum Gasteiger partial charge on any atom is -0.504 e. The van der Waals surface area contributed by atoms with Crippen LogP contribution in [-0.2, 0) is 14.6 Å². The molecule has 1 saturated heterocycles. The van der Waals surface area contributed by atoms with Crippen LogP contribution >= 0.6 is 11.6 Å². The Labute approximate surface area is 104 Å². The van der Waals surface area contributed by atoms with Gasteiger partial charge >= 0.3 is 0 Å². The molecule has 0 aliphatic carbocycles. The number of halogens is 1. The number of phenolic OH excluding ortho intramolecular Hbond substituents is 1. The van der Waals surface area contributed by atoms with Crippen LogP contribution in [0.2, 0.25) is 5.02 Å². The van der Waals surface area contributed by atoms with E-state index in [4.69, 9.17) is 22.1 Å². The predicted octanol–water partition coefficient (Wildman–Crippen LogP) is 1.19. The summed E-state index contributed by atoms with van der Waals surface area (Å²) in [6.45, 7) is 0.511. The van der Waals surface area contributed by atoms with Gasteiger partial charge in [0.15, 0.2) is 15.6 Å². The van der Waals surface area contributed by atoms with E-state index in [2.05, 4.69) is 0 Å². The number of nitrogen functional groups attached to an aromatic ring is 1. The van der Waals surface area contributed by atoms with Crippen molar-refractivity contribution in [2.24, 2.45) is 0 Å². The first-order valence-corrected chi connectivity index (χ1v) is 6.95. The summed E-state index contributed by atoms with van der Waals surface area (Å²) in [5.74, 6) is -0.482. The summed E-state index contributed by atoms with van der Waals surface area (Å²) in [5.41, 5.74) is 5.47. The Morgan fingerprint density at radius 3 is 2.76 bits per heavy atom. The van der Waals surface area contributed by atoms with E-state index in [-0.39, 0.29) is 22.2 Å². The van der Waals surface area contributed by atoms with Crippen molar-refractivity contribution in [3.63, 3.8) is 0 Å². The van der Waals surface area contributed by atoms with Crippen LogP contribution in [0.4, 0.5) is 5.69 Å². The summed E-state index contributed by atoms with van der Waals surface area (Å²) in [5, 5.41) is 9.05. The van der Waals surface area contributed by atoms with Gasteiger partial charge in [-0.1, -0.05) is 11.6 Å². The summed E-state index contributed by atoms with van der Waals surface area (Å²) in [6, 6.07) is 2.72. The van der Waals surface area contributed by atoms with Crippen molar-refractivity contribution in [3.05, 3.63) is 17.2 Å². The van der Waals surface area contributed by atoms with E-state index in [1.807, 2.05) is 0 Å². The Morgan fingerprint density at radius 2 is 2.18 bits per heavy atom. The van der Waals surface area contributed by atoms with Crippen LogP contribution in [0.5, 0.6) is 5.75 Å². The Kier molecular flexibility index (Phi) is 3.20. The molecule has 0 amide bonds. The minimum absolute atomic E-state index is 0.00751. The maximum absolute atomic E-state index is 12.2. The van der Waals surface area contributed by atoms with Crippen molar-refractivity contribution in [2.75, 3.05) is 18.9 Å². The third kappa shape index (κ3) is 2.08. The fraction of sp³-hybridized carbons (Fsp3) is 0.400. The first-order chi connectivity index (χ1) is 7.94. The molecule has 1 aliphatic rings. The van der Waals surface area contributed by atoms with E-state index in [9.17, 15) is 13.5 Å². The van der Waals surface area contributed by atoms with Gasteiger partial charge in [0.2, 0.25) is 0 Å². The number of benzene rings is 1. The predicted molar refractivity (Wildman–Crippen MR) is 63.9 cm³/mol. The average Bonchev–Trinajstić information content (AvgIpc) is 2.77. The van der Waals surface area contributed by atoms with Gasteiger partial charge in [-0.3, -0.25) is 0 Å². The molecule has 1 aromatic carbocycles. The van der Waals surface area contributed by atoms with Crippen LogP contribution in [0, 0.1) is 0 Å². The fourth-order valence-corrected chi connectivity index (χ4v) is 3.97. The minimum atomic E-state index is -3.71. The van der Waals surface area contributed by atoms with Gasteiger partial charge in [0.25, 0.3) is 0 Å². The number of hydrogen-bond acceptors (Lipinski definition) is 5. The molecule has 2 rings (SSSR count). The van der Waals surface area contributed by atoms with Crippen molar-refractivity contribution >= 4 is 27.1 Å². The van der Waals surface area contributed by atoms with Crippen molar-refractivity contribution in [2.45, 2.75) is 16.6 Å². The smallest absolute Gasteiger partial charge is 0.188 e. The van der Waals surface area contributed by atoms with Gasteiger partial charge < -0.3 is 15.6 Å². The lowest BCUT2D eigenvalue weighted by molar-refractivity contribution is 0.198. The number of aromatic hydroxyl groups is 1. The molecule has 3 N–H and O–H groups in total. The van der Waals surface area contributed by atoms with E-state index in [1.165, 1.54) is 12.1 Å². The highest BCUT2D eigenvalue weighted by atomic mass is 35.5. The zero-order valence-electron chi connectivity index (χ0n) is 8.89. The van der Waals surface area contributed by atoms with E-state index < -0.39 is 20.8 Å². The molecule has 1 fully saturated rings. The van der Waals surface area contributed by atoms with E-state index in [0.29, 0.717) is 13.0 Å². The largest absolute Gasteiger partial charge is 0.504 e. The Hall–Kier alpha value is -0.980. The highest BCUT2D eigenvalue weighted by Crippen LogP contribution is 2.38. The molecule has 7 heteroatoms. The molecule has 17 heavy (non-hydrogen) atoms. The lowest BCUT2D eigenvalue weighted by Gasteiger charge is -2.13. The normalized spacial score (nSPS) is 20.6.